The van der Waals surface area contributed by atoms with Gasteiger partial charge in [0.05, 0.1) is 22.7 Å². The van der Waals surface area contributed by atoms with Gasteiger partial charge in [-0.25, -0.2) is 0 Å². The number of ketones is 1. The molecule has 2 atom stereocenters. The number of phenolic OH excluding ortho intramolecular Hbond substituents is 1. The fraction of sp³-hybridized carbons (Fsp3) is 0.533. The second kappa shape index (κ2) is 10.9. The molecule has 1 N–H and O–H groups in total. The number of carbonyl (C=O) groups is 1. The number of amidine groups is 1. The molecule has 4 nitrogen and oxygen atoms in total. The van der Waals surface area contributed by atoms with Gasteiger partial charge in [0.2, 0.25) is 0 Å². The Hall–Kier alpha value is -2.14. The van der Waals surface area contributed by atoms with Crippen LogP contribution in [0.5, 0.6) is 5.75 Å². The van der Waals surface area contributed by atoms with Crippen LogP contribution >= 0.6 is 16.1 Å². The van der Waals surface area contributed by atoms with Crippen LogP contribution in [0, 0.1) is 5.92 Å². The molecular weight excluding hydrogens is 500 g/mol. The first-order chi connectivity index (χ1) is 16.4. The molecule has 2 aromatic rings. The van der Waals surface area contributed by atoms with Crippen molar-refractivity contribution in [2.75, 3.05) is 6.54 Å². The Morgan fingerprint density at radius 1 is 1.06 bits per heavy atom. The van der Waals surface area contributed by atoms with Crippen LogP contribution in [0.15, 0.2) is 46.5 Å². The molecule has 5 heteroatoms. The molecule has 0 saturated carbocycles. The van der Waals surface area contributed by atoms with Crippen LogP contribution in [0.4, 0.5) is 0 Å². The first-order valence-electron chi connectivity index (χ1n) is 12.8. The van der Waals surface area contributed by atoms with Gasteiger partial charge in [0.15, 0.2) is 5.78 Å². The quantitative estimate of drug-likeness (QED) is 0.367. The van der Waals surface area contributed by atoms with Crippen molar-refractivity contribution in [2.24, 2.45) is 9.94 Å². The molecule has 1 saturated heterocycles. The lowest BCUT2D eigenvalue weighted by Gasteiger charge is -2.29. The fourth-order valence-corrected chi connectivity index (χ4v) is 5.67. The molecule has 0 amide bonds. The maximum atomic E-state index is 13.8. The summed E-state index contributed by atoms with van der Waals surface area (Å²) in [7, 11) is 0. The standard InChI is InChI=1S/C30H41BrN2O2/c1-8-12-23-16-22(15-20-13-10-9-11-14-20)28(32-31)33(23)19-26(34)21-17-24(29(2,3)4)27(35)25(18-21)30(5,6)7/h9-11,13-14,17-18,22-23,35H,8,12,15-16,19H2,1-7H3/b32-28-/t22-,23+/m0/s1. The van der Waals surface area contributed by atoms with E-state index in [2.05, 4.69) is 97.8 Å². The molecule has 0 aliphatic carbocycles. The number of halogens is 1. The van der Waals surface area contributed by atoms with Crippen LogP contribution in [0.2, 0.25) is 0 Å². The van der Waals surface area contributed by atoms with Crippen molar-refractivity contribution in [1.29, 1.82) is 0 Å². The average molecular weight is 542 g/mol. The van der Waals surface area contributed by atoms with Gasteiger partial charge in [-0.05, 0) is 47.8 Å². The maximum Gasteiger partial charge on any atom is 0.182 e. The van der Waals surface area contributed by atoms with E-state index in [1.807, 2.05) is 18.2 Å². The Morgan fingerprint density at radius 3 is 2.11 bits per heavy atom. The lowest BCUT2D eigenvalue weighted by molar-refractivity contribution is 0.0950. The lowest BCUT2D eigenvalue weighted by Crippen LogP contribution is -2.38. The van der Waals surface area contributed by atoms with Crippen molar-refractivity contribution in [3.63, 3.8) is 0 Å². The summed E-state index contributed by atoms with van der Waals surface area (Å²) in [6.07, 6.45) is 4.00. The lowest BCUT2D eigenvalue weighted by atomic mass is 9.78. The van der Waals surface area contributed by atoms with Crippen molar-refractivity contribution < 1.29 is 9.90 Å². The topological polar surface area (TPSA) is 52.9 Å². The van der Waals surface area contributed by atoms with Crippen molar-refractivity contribution in [2.45, 2.75) is 91.0 Å². The van der Waals surface area contributed by atoms with E-state index in [9.17, 15) is 9.90 Å². The predicted molar refractivity (Wildman–Crippen MR) is 150 cm³/mol. The first kappa shape index (κ1) is 27.4. The zero-order valence-corrected chi connectivity index (χ0v) is 23.9. The molecule has 190 valence electrons. The summed E-state index contributed by atoms with van der Waals surface area (Å²) in [5, 5.41) is 11.1. The summed E-state index contributed by atoms with van der Waals surface area (Å²) in [4.78, 5) is 16.0. The smallest absolute Gasteiger partial charge is 0.182 e. The van der Waals surface area contributed by atoms with Crippen LogP contribution in [0.25, 0.3) is 0 Å². The number of hydrogen-bond acceptors (Lipinski definition) is 3. The summed E-state index contributed by atoms with van der Waals surface area (Å²) < 4.78 is 4.52. The van der Waals surface area contributed by atoms with Gasteiger partial charge < -0.3 is 10.0 Å². The number of aromatic hydroxyl groups is 1. The van der Waals surface area contributed by atoms with Crippen molar-refractivity contribution >= 4 is 27.8 Å². The van der Waals surface area contributed by atoms with E-state index in [-0.39, 0.29) is 28.6 Å². The van der Waals surface area contributed by atoms with E-state index in [1.54, 1.807) is 0 Å². The summed E-state index contributed by atoms with van der Waals surface area (Å²) in [6.45, 7) is 14.9. The van der Waals surface area contributed by atoms with Crippen molar-refractivity contribution in [3.8, 4) is 5.75 Å². The second-order valence-electron chi connectivity index (χ2n) is 12.0. The van der Waals surface area contributed by atoms with Gasteiger partial charge in [0, 0.05) is 28.7 Å². The SMILES string of the molecule is CCC[C@@H]1C[C@H](Cc2ccccc2)/C(=N/Br)N1CC(=O)c1cc(C(C)(C)C)c(O)c(C(C)(C)C)c1. The van der Waals surface area contributed by atoms with Gasteiger partial charge in [-0.1, -0.05) is 85.2 Å². The predicted octanol–water partition coefficient (Wildman–Crippen LogP) is 7.61. The minimum atomic E-state index is -0.276. The summed E-state index contributed by atoms with van der Waals surface area (Å²) in [5.41, 5.74) is 3.03. The third-order valence-corrected chi connectivity index (χ3v) is 7.42. The molecule has 1 fully saturated rings. The van der Waals surface area contributed by atoms with Gasteiger partial charge in [-0.15, -0.1) is 0 Å². The molecule has 3 rings (SSSR count). The van der Waals surface area contributed by atoms with Gasteiger partial charge >= 0.3 is 0 Å². The van der Waals surface area contributed by atoms with Gasteiger partial charge in [0.1, 0.15) is 11.6 Å². The van der Waals surface area contributed by atoms with Gasteiger partial charge in [-0.3, -0.25) is 4.79 Å². The maximum absolute atomic E-state index is 13.8. The largest absolute Gasteiger partial charge is 0.507 e. The third-order valence-electron chi connectivity index (χ3n) is 7.05. The Bertz CT molecular complexity index is 1030. The van der Waals surface area contributed by atoms with Crippen LogP contribution < -0.4 is 0 Å². The van der Waals surface area contributed by atoms with Crippen LogP contribution in [0.3, 0.4) is 0 Å². The number of phenols is 1. The van der Waals surface area contributed by atoms with E-state index >= 15 is 0 Å². The molecule has 0 aromatic heterocycles. The molecular formula is C30H41BrN2O2. The molecule has 2 aromatic carbocycles. The highest BCUT2D eigenvalue weighted by Crippen LogP contribution is 2.40. The van der Waals surface area contributed by atoms with E-state index < -0.39 is 0 Å². The second-order valence-corrected chi connectivity index (χ2v) is 12.3. The first-order valence-corrected chi connectivity index (χ1v) is 13.5. The zero-order valence-electron chi connectivity index (χ0n) is 22.4. The van der Waals surface area contributed by atoms with Gasteiger partial charge in [-0.2, -0.15) is 4.02 Å². The number of benzene rings is 2. The Labute approximate surface area is 220 Å². The molecule has 1 heterocycles. The van der Waals surface area contributed by atoms with E-state index in [4.69, 9.17) is 0 Å². The van der Waals surface area contributed by atoms with Crippen molar-refractivity contribution in [3.05, 3.63) is 64.7 Å². The fourth-order valence-electron chi connectivity index (χ4n) is 5.18. The van der Waals surface area contributed by atoms with Crippen LogP contribution in [0.1, 0.15) is 94.8 Å². The minimum Gasteiger partial charge on any atom is -0.507 e. The molecule has 0 unspecified atom stereocenters. The molecule has 0 bridgehead atoms. The number of likely N-dealkylation sites (tertiary alicyclic amines) is 1. The zero-order chi connectivity index (χ0) is 26.0. The Morgan fingerprint density at radius 2 is 1.63 bits per heavy atom. The van der Waals surface area contributed by atoms with Crippen LogP contribution in [-0.4, -0.2) is 34.2 Å². The monoisotopic (exact) mass is 540 g/mol. The molecule has 35 heavy (non-hydrogen) atoms. The highest BCUT2D eigenvalue weighted by molar-refractivity contribution is 9.08. The molecule has 0 spiro atoms. The van der Waals surface area contributed by atoms with E-state index in [0.717, 1.165) is 42.6 Å². The highest BCUT2D eigenvalue weighted by atomic mass is 79.9. The number of hydrogen-bond donors (Lipinski definition) is 1. The van der Waals surface area contributed by atoms with E-state index in [0.29, 0.717) is 17.9 Å². The van der Waals surface area contributed by atoms with E-state index in [1.165, 1.54) is 5.56 Å². The Balaban J connectivity index is 1.94. The molecule has 1 aliphatic rings. The number of rotatable bonds is 7. The molecule has 1 aliphatic heterocycles. The average Bonchev–Trinajstić information content (AvgIpc) is 3.08. The number of carbonyl (C=O) groups excluding carboxylic acids is 1. The van der Waals surface area contributed by atoms with Gasteiger partial charge in [0.25, 0.3) is 0 Å². The molecule has 0 radical (unpaired) electrons. The Kier molecular flexibility index (Phi) is 8.52. The van der Waals surface area contributed by atoms with Crippen molar-refractivity contribution in [1.82, 2.24) is 4.90 Å². The minimum absolute atomic E-state index is 0.0658. The summed E-state index contributed by atoms with van der Waals surface area (Å²) in [6, 6.07) is 14.6. The normalized spacial score (nSPS) is 20.0. The van der Waals surface area contributed by atoms with Crippen LogP contribution in [-0.2, 0) is 17.3 Å². The number of nitrogens with zero attached hydrogens (tertiary/aromatic N) is 2. The number of Topliss-reactive ketones (excluding diaryl/α,β-unsaturated/α-hetero) is 1. The summed E-state index contributed by atoms with van der Waals surface area (Å²) in [5.74, 6) is 1.61. The highest BCUT2D eigenvalue weighted by Gasteiger charge is 2.38. The third kappa shape index (κ3) is 6.35. The summed E-state index contributed by atoms with van der Waals surface area (Å²) >= 11 is 3.38.